The summed E-state index contributed by atoms with van der Waals surface area (Å²) in [6.45, 7) is 2.64. The van der Waals surface area contributed by atoms with E-state index in [2.05, 4.69) is 40.8 Å². The highest BCUT2D eigenvalue weighted by molar-refractivity contribution is 5.83. The molecule has 3 aromatic rings. The molecule has 0 amide bonds. The lowest BCUT2D eigenvalue weighted by atomic mass is 9.81. The monoisotopic (exact) mass is 392 g/mol. The minimum absolute atomic E-state index is 0.573. The molecule has 0 unspecified atom stereocenters. The van der Waals surface area contributed by atoms with Gasteiger partial charge in [0.2, 0.25) is 5.75 Å². The van der Waals surface area contributed by atoms with Crippen LogP contribution in [0.15, 0.2) is 48.7 Å². The maximum atomic E-state index is 5.95. The summed E-state index contributed by atoms with van der Waals surface area (Å²) in [5.74, 6) is 2.94. The molecule has 0 radical (unpaired) electrons. The van der Waals surface area contributed by atoms with E-state index in [0.717, 1.165) is 23.8 Å². The van der Waals surface area contributed by atoms with Crippen LogP contribution in [0.25, 0.3) is 10.9 Å². The second kappa shape index (κ2) is 8.37. The van der Waals surface area contributed by atoms with Crippen molar-refractivity contribution in [3.63, 3.8) is 0 Å². The van der Waals surface area contributed by atoms with Crippen molar-refractivity contribution in [2.75, 3.05) is 26.4 Å². The Bertz CT molecular complexity index is 960. The first-order valence-corrected chi connectivity index (χ1v) is 10.7. The average Bonchev–Trinajstić information content (AvgIpc) is 3.21. The third-order valence-corrected chi connectivity index (χ3v) is 6.11. The molecule has 1 saturated carbocycles. The van der Waals surface area contributed by atoms with Crippen LogP contribution in [-0.4, -0.2) is 37.4 Å². The Labute approximate surface area is 171 Å². The molecule has 1 aliphatic carbocycles. The fraction of sp³-hybridized carbons (Fsp3) is 0.417. The average molecular weight is 392 g/mol. The van der Waals surface area contributed by atoms with E-state index in [1.165, 1.54) is 42.1 Å². The van der Waals surface area contributed by atoms with E-state index < -0.39 is 0 Å². The second-order valence-electron chi connectivity index (χ2n) is 7.92. The van der Waals surface area contributed by atoms with Crippen molar-refractivity contribution in [3.8, 4) is 17.2 Å². The molecular formula is C24H28N2O3. The van der Waals surface area contributed by atoms with Gasteiger partial charge in [0.15, 0.2) is 11.5 Å². The summed E-state index contributed by atoms with van der Waals surface area (Å²) in [7, 11) is 0. The largest absolute Gasteiger partial charge is 0.488 e. The Morgan fingerprint density at radius 3 is 2.76 bits per heavy atom. The van der Waals surface area contributed by atoms with Crippen LogP contribution in [0.1, 0.15) is 37.2 Å². The van der Waals surface area contributed by atoms with E-state index in [-0.39, 0.29) is 0 Å². The highest BCUT2D eigenvalue weighted by Crippen LogP contribution is 2.39. The van der Waals surface area contributed by atoms with E-state index in [0.29, 0.717) is 31.8 Å². The number of fused-ring (bicyclic) bond motifs is 2. The normalized spacial score (nSPS) is 21.2. The Balaban J connectivity index is 1.09. The molecule has 2 N–H and O–H groups in total. The summed E-state index contributed by atoms with van der Waals surface area (Å²) in [6, 6.07) is 15.0. The summed E-state index contributed by atoms with van der Waals surface area (Å²) >= 11 is 0. The Morgan fingerprint density at radius 2 is 1.83 bits per heavy atom. The molecule has 0 spiro atoms. The van der Waals surface area contributed by atoms with Crippen molar-refractivity contribution in [1.82, 2.24) is 10.3 Å². The van der Waals surface area contributed by atoms with Gasteiger partial charge < -0.3 is 24.5 Å². The Kier molecular flexibility index (Phi) is 5.31. The third kappa shape index (κ3) is 3.92. The van der Waals surface area contributed by atoms with E-state index in [1.807, 2.05) is 18.2 Å². The predicted octanol–water partition coefficient (Wildman–Crippen LogP) is 4.63. The molecule has 5 heteroatoms. The zero-order valence-corrected chi connectivity index (χ0v) is 16.7. The number of benzene rings is 2. The number of ether oxygens (including phenoxy) is 3. The van der Waals surface area contributed by atoms with Crippen LogP contribution >= 0.6 is 0 Å². The molecule has 0 atom stereocenters. The molecule has 0 bridgehead atoms. The van der Waals surface area contributed by atoms with Gasteiger partial charge in [-0.3, -0.25) is 0 Å². The van der Waals surface area contributed by atoms with Crippen LogP contribution < -0.4 is 19.5 Å². The lowest BCUT2D eigenvalue weighted by Crippen LogP contribution is -2.35. The van der Waals surface area contributed by atoms with Gasteiger partial charge in [-0.15, -0.1) is 0 Å². The summed E-state index contributed by atoms with van der Waals surface area (Å²) in [5.41, 5.74) is 2.73. The minimum Gasteiger partial charge on any atom is -0.488 e. The summed E-state index contributed by atoms with van der Waals surface area (Å²) in [6.07, 6.45) is 7.10. The van der Waals surface area contributed by atoms with Gasteiger partial charge in [0.05, 0.1) is 0 Å². The van der Waals surface area contributed by atoms with E-state index in [9.17, 15) is 0 Å². The zero-order chi connectivity index (χ0) is 19.5. The fourth-order valence-corrected chi connectivity index (χ4v) is 4.62. The zero-order valence-electron chi connectivity index (χ0n) is 16.7. The van der Waals surface area contributed by atoms with Gasteiger partial charge in [0.25, 0.3) is 0 Å². The Morgan fingerprint density at radius 1 is 0.966 bits per heavy atom. The smallest absolute Gasteiger partial charge is 0.203 e. The summed E-state index contributed by atoms with van der Waals surface area (Å²) in [4.78, 5) is 3.42. The predicted molar refractivity (Wildman–Crippen MR) is 114 cm³/mol. The van der Waals surface area contributed by atoms with Crippen molar-refractivity contribution < 1.29 is 14.2 Å². The summed E-state index contributed by atoms with van der Waals surface area (Å²) < 4.78 is 17.3. The molecular weight excluding hydrogens is 364 g/mol. The highest BCUT2D eigenvalue weighted by atomic mass is 16.6. The van der Waals surface area contributed by atoms with Crippen molar-refractivity contribution >= 4 is 10.9 Å². The SMILES string of the molecule is c1cc(OCCNC2CCC(c3c[nH]c4ccccc34)CC2)c2c(c1)OCCO2. The van der Waals surface area contributed by atoms with Crippen LogP contribution in [-0.2, 0) is 0 Å². The molecule has 1 fully saturated rings. The van der Waals surface area contributed by atoms with Crippen LogP contribution in [0, 0.1) is 0 Å². The fourth-order valence-electron chi connectivity index (χ4n) is 4.62. The van der Waals surface area contributed by atoms with Crippen LogP contribution in [0.4, 0.5) is 0 Å². The molecule has 1 aromatic heterocycles. The quantitative estimate of drug-likeness (QED) is 0.601. The molecule has 2 aliphatic rings. The molecule has 1 aliphatic heterocycles. The third-order valence-electron chi connectivity index (χ3n) is 6.11. The number of aromatic amines is 1. The van der Waals surface area contributed by atoms with Gasteiger partial charge in [-0.05, 0) is 55.4 Å². The number of aromatic nitrogens is 1. The van der Waals surface area contributed by atoms with Crippen LogP contribution in [0.5, 0.6) is 17.2 Å². The minimum atomic E-state index is 0.573. The van der Waals surface area contributed by atoms with Crippen molar-refractivity contribution in [2.45, 2.75) is 37.6 Å². The van der Waals surface area contributed by atoms with Crippen LogP contribution in [0.2, 0.25) is 0 Å². The molecule has 5 nitrogen and oxygen atoms in total. The highest BCUT2D eigenvalue weighted by Gasteiger charge is 2.24. The molecule has 0 saturated heterocycles. The lowest BCUT2D eigenvalue weighted by molar-refractivity contribution is 0.161. The van der Waals surface area contributed by atoms with Gasteiger partial charge in [-0.2, -0.15) is 0 Å². The summed E-state index contributed by atoms with van der Waals surface area (Å²) in [5, 5.41) is 5.05. The lowest BCUT2D eigenvalue weighted by Gasteiger charge is -2.29. The molecule has 152 valence electrons. The first kappa shape index (κ1) is 18.4. The second-order valence-corrected chi connectivity index (χ2v) is 7.92. The van der Waals surface area contributed by atoms with E-state index >= 15 is 0 Å². The van der Waals surface area contributed by atoms with Gasteiger partial charge in [0, 0.05) is 29.7 Å². The number of H-pyrrole nitrogens is 1. The topological polar surface area (TPSA) is 55.5 Å². The number of nitrogens with one attached hydrogen (secondary N) is 2. The number of hydrogen-bond acceptors (Lipinski definition) is 4. The van der Waals surface area contributed by atoms with Gasteiger partial charge in [-0.1, -0.05) is 24.3 Å². The van der Waals surface area contributed by atoms with Gasteiger partial charge in [-0.25, -0.2) is 0 Å². The van der Waals surface area contributed by atoms with E-state index in [1.54, 1.807) is 0 Å². The van der Waals surface area contributed by atoms with Crippen molar-refractivity contribution in [1.29, 1.82) is 0 Å². The van der Waals surface area contributed by atoms with Crippen molar-refractivity contribution in [2.24, 2.45) is 0 Å². The first-order valence-electron chi connectivity index (χ1n) is 10.7. The van der Waals surface area contributed by atoms with Gasteiger partial charge in [0.1, 0.15) is 19.8 Å². The standard InChI is InChI=1S/C24H28N2O3/c1-2-5-21-19(4-1)20(16-26-21)17-8-10-18(11-9-17)25-12-13-27-22-6-3-7-23-24(22)29-15-14-28-23/h1-7,16-18,25-26H,8-15H2. The molecule has 2 heterocycles. The Hall–Kier alpha value is -2.66. The number of para-hydroxylation sites is 2. The molecule has 2 aromatic carbocycles. The maximum Gasteiger partial charge on any atom is 0.203 e. The number of hydrogen-bond donors (Lipinski definition) is 2. The maximum absolute atomic E-state index is 5.95. The van der Waals surface area contributed by atoms with E-state index in [4.69, 9.17) is 14.2 Å². The number of rotatable bonds is 6. The first-order chi connectivity index (χ1) is 14.4. The molecule has 5 rings (SSSR count). The van der Waals surface area contributed by atoms with Gasteiger partial charge >= 0.3 is 0 Å². The van der Waals surface area contributed by atoms with Crippen LogP contribution in [0.3, 0.4) is 0 Å². The molecule has 29 heavy (non-hydrogen) atoms. The van der Waals surface area contributed by atoms with Crippen molar-refractivity contribution in [3.05, 3.63) is 54.2 Å².